The number of anilines is 3. The van der Waals surface area contributed by atoms with E-state index in [0.717, 1.165) is 36.9 Å². The first-order valence-corrected chi connectivity index (χ1v) is 22.3. The Morgan fingerprint density at radius 2 is 1.84 bits per heavy atom. The van der Waals surface area contributed by atoms with Gasteiger partial charge < -0.3 is 30.4 Å². The number of aryl methyl sites for hydroxylation is 1. The molecule has 5 heterocycles. The Labute approximate surface area is 386 Å². The van der Waals surface area contributed by atoms with Gasteiger partial charge in [-0.1, -0.05) is 32.9 Å². The molecule has 0 aliphatic carbocycles. The molecule has 0 spiro atoms. The number of nitrogens with zero attached hydrogens (tertiary/aromatic N) is 8. The van der Waals surface area contributed by atoms with Crippen LogP contribution in [-0.2, 0) is 63.8 Å². The third-order valence-corrected chi connectivity index (χ3v) is 12.6. The van der Waals surface area contributed by atoms with E-state index in [1.54, 1.807) is 74.3 Å². The summed E-state index contributed by atoms with van der Waals surface area (Å²) in [5.41, 5.74) is 5.95. The number of hydrogen-bond donors (Lipinski definition) is 3. The number of nitrogens with two attached hydrogens (primary N) is 1. The van der Waals surface area contributed by atoms with Crippen molar-refractivity contribution < 1.29 is 41.8 Å². The number of piperidine rings is 1. The lowest BCUT2D eigenvalue weighted by Crippen LogP contribution is -2.50. The van der Waals surface area contributed by atoms with Crippen molar-refractivity contribution in [1.82, 2.24) is 30.0 Å². The number of aromatic nitrogens is 4. The van der Waals surface area contributed by atoms with Gasteiger partial charge in [-0.3, -0.25) is 29.1 Å². The molecule has 4 N–H and O–H groups in total. The number of alkyl halides is 3. The van der Waals surface area contributed by atoms with Gasteiger partial charge in [0.05, 0.1) is 43.9 Å². The number of benzene rings is 2. The van der Waals surface area contributed by atoms with Gasteiger partial charge in [0, 0.05) is 49.8 Å². The number of rotatable bonds is 16. The fourth-order valence-electron chi connectivity index (χ4n) is 8.56. The molecule has 4 amide bonds. The number of carbonyl (C=O) groups excluding carboxylic acids is 4. The highest BCUT2D eigenvalue weighted by atomic mass is 19.4. The van der Waals surface area contributed by atoms with Crippen molar-refractivity contribution in [3.63, 3.8) is 0 Å². The van der Waals surface area contributed by atoms with E-state index in [4.69, 9.17) is 20.2 Å². The van der Waals surface area contributed by atoms with Gasteiger partial charge in [-0.2, -0.15) is 18.4 Å². The molecule has 2 fully saturated rings. The summed E-state index contributed by atoms with van der Waals surface area (Å²) in [5.74, 6) is -0.671. The van der Waals surface area contributed by atoms with Crippen LogP contribution < -0.4 is 26.2 Å². The molecule has 2 aromatic heterocycles. The van der Waals surface area contributed by atoms with Gasteiger partial charge in [0.15, 0.2) is 0 Å². The van der Waals surface area contributed by atoms with Crippen LogP contribution >= 0.6 is 0 Å². The van der Waals surface area contributed by atoms with Gasteiger partial charge >= 0.3 is 12.3 Å². The summed E-state index contributed by atoms with van der Waals surface area (Å²) in [6.45, 7) is 8.61. The summed E-state index contributed by atoms with van der Waals surface area (Å²) >= 11 is 0. The molecule has 356 valence electrons. The molecule has 0 radical (unpaired) electrons. The van der Waals surface area contributed by atoms with Gasteiger partial charge in [-0.15, -0.1) is 10.2 Å². The molecule has 3 atom stereocenters. The Balaban J connectivity index is 1.17. The normalized spacial score (nSPS) is 17.8. The molecule has 3 aliphatic rings. The molecule has 0 bridgehead atoms. The maximum atomic E-state index is 14.9. The van der Waals surface area contributed by atoms with Crippen molar-refractivity contribution in [2.24, 2.45) is 24.6 Å². The first-order chi connectivity index (χ1) is 31.8. The highest BCUT2D eigenvalue weighted by Gasteiger charge is 2.45. The number of fused-ring (bicyclic) bond motifs is 1. The Hall–Kier alpha value is -6.43. The van der Waals surface area contributed by atoms with E-state index < -0.39 is 59.6 Å². The number of likely N-dealkylation sites (tertiary alicyclic amines) is 1. The average Bonchev–Trinajstić information content (AvgIpc) is 3.84. The fraction of sp³-hybridized carbons (Fsp3) is 0.489. The lowest BCUT2D eigenvalue weighted by Gasteiger charge is -2.42. The second-order valence-electron chi connectivity index (χ2n) is 18.2. The molecular formula is C47H56F3N11O6. The van der Waals surface area contributed by atoms with Gasteiger partial charge in [0.2, 0.25) is 11.8 Å². The quantitative estimate of drug-likeness (QED) is 0.125. The molecule has 2 saturated heterocycles. The van der Waals surface area contributed by atoms with E-state index in [9.17, 15) is 37.6 Å². The molecule has 67 heavy (non-hydrogen) atoms. The Morgan fingerprint density at radius 3 is 2.46 bits per heavy atom. The lowest BCUT2D eigenvalue weighted by atomic mass is 9.75. The smallest absolute Gasteiger partial charge is 0.416 e. The zero-order chi connectivity index (χ0) is 48.2. The summed E-state index contributed by atoms with van der Waals surface area (Å²) in [6.07, 6.45) is -1.90. The molecule has 17 nitrogen and oxygen atoms in total. The molecular weight excluding hydrogens is 872 g/mol. The Bertz CT molecular complexity index is 2520. The maximum Gasteiger partial charge on any atom is 0.416 e. The van der Waals surface area contributed by atoms with Crippen LogP contribution in [0.2, 0.25) is 0 Å². The van der Waals surface area contributed by atoms with Crippen molar-refractivity contribution in [1.29, 1.82) is 5.26 Å². The summed E-state index contributed by atoms with van der Waals surface area (Å²) in [6, 6.07) is 12.8. The molecule has 4 aromatic rings. The second kappa shape index (κ2) is 20.2. The van der Waals surface area contributed by atoms with Crippen LogP contribution in [0.15, 0.2) is 54.9 Å². The zero-order valence-electron chi connectivity index (χ0n) is 38.2. The standard InChI is InChI=1S/C47H56F3N11O6/c1-28(2)41(52)43(63)54-30(4)42(62)55-34-11-9-31(10-12-34)24-67-45(65)60(15-7-13-51)38-18-33(46(25-66-26-46)20-40-57-53-27-58(40)5)19-39(56-38)61-23-36-35(44(61)64)16-32(17-37(36)47(48,49)50)22-59-14-6-8-29(3)21-59/h9-12,16-19,27-30,41H,6-8,14-15,20-26,52H2,1-5H3,(H,54,63)(H,55,62)/t29-,30?,41?/m0/s1. The minimum Gasteiger partial charge on any atom is -0.444 e. The number of amides is 4. The van der Waals surface area contributed by atoms with Gasteiger partial charge in [0.25, 0.3) is 5.91 Å². The number of hydrogen-bond acceptors (Lipinski definition) is 12. The predicted molar refractivity (Wildman–Crippen MR) is 240 cm³/mol. The number of nitrogens with one attached hydrogen (secondary N) is 2. The minimum absolute atomic E-state index is 0.00140. The van der Waals surface area contributed by atoms with E-state index in [-0.39, 0.29) is 68.0 Å². The van der Waals surface area contributed by atoms with E-state index >= 15 is 0 Å². The second-order valence-corrected chi connectivity index (χ2v) is 18.2. The number of carbonyl (C=O) groups is 4. The maximum absolute atomic E-state index is 14.9. The van der Waals surface area contributed by atoms with Crippen molar-refractivity contribution in [2.75, 3.05) is 48.0 Å². The van der Waals surface area contributed by atoms with E-state index in [2.05, 4.69) is 32.7 Å². The number of pyridine rings is 1. The fourth-order valence-corrected chi connectivity index (χ4v) is 8.56. The Kier molecular flexibility index (Phi) is 14.6. The van der Waals surface area contributed by atoms with E-state index in [0.29, 0.717) is 40.5 Å². The van der Waals surface area contributed by atoms with Crippen LogP contribution in [0.25, 0.3) is 0 Å². The summed E-state index contributed by atoms with van der Waals surface area (Å²) < 4.78 is 57.8. The third kappa shape index (κ3) is 11.1. The van der Waals surface area contributed by atoms with Gasteiger partial charge in [0.1, 0.15) is 36.4 Å². The molecule has 0 saturated carbocycles. The van der Waals surface area contributed by atoms with E-state index in [1.165, 1.54) is 11.8 Å². The van der Waals surface area contributed by atoms with Crippen LogP contribution in [0.5, 0.6) is 0 Å². The minimum atomic E-state index is -4.75. The monoisotopic (exact) mass is 927 g/mol. The number of ether oxygens (including phenoxy) is 2. The largest absolute Gasteiger partial charge is 0.444 e. The summed E-state index contributed by atoms with van der Waals surface area (Å²) in [5, 5.41) is 23.3. The van der Waals surface area contributed by atoms with Crippen LogP contribution in [-0.4, -0.2) is 93.4 Å². The molecule has 20 heteroatoms. The average molecular weight is 928 g/mol. The first-order valence-electron chi connectivity index (χ1n) is 22.3. The highest BCUT2D eigenvalue weighted by molar-refractivity contribution is 6.10. The number of nitriles is 1. The predicted octanol–water partition coefficient (Wildman–Crippen LogP) is 5.62. The van der Waals surface area contributed by atoms with Crippen molar-refractivity contribution in [3.8, 4) is 6.07 Å². The van der Waals surface area contributed by atoms with Crippen molar-refractivity contribution in [2.45, 2.75) is 96.7 Å². The first kappa shape index (κ1) is 48.5. The highest BCUT2D eigenvalue weighted by Crippen LogP contribution is 2.43. The molecule has 2 unspecified atom stereocenters. The molecule has 3 aliphatic heterocycles. The van der Waals surface area contributed by atoms with Gasteiger partial charge in [-0.25, -0.2) is 9.78 Å². The van der Waals surface area contributed by atoms with Gasteiger partial charge in [-0.05, 0) is 96.8 Å². The molecule has 2 aromatic carbocycles. The third-order valence-electron chi connectivity index (χ3n) is 12.6. The zero-order valence-corrected chi connectivity index (χ0v) is 38.2. The topological polar surface area (TPSA) is 214 Å². The Morgan fingerprint density at radius 1 is 1.09 bits per heavy atom. The lowest BCUT2D eigenvalue weighted by molar-refractivity contribution is -0.138. The summed E-state index contributed by atoms with van der Waals surface area (Å²) in [4.78, 5) is 62.9. The van der Waals surface area contributed by atoms with E-state index in [1.807, 2.05) is 6.07 Å². The SMILES string of the molecule is CC(NC(=O)C(N)C(C)C)C(=O)Nc1ccc(COC(=O)N(CCC#N)c2cc(C3(Cc4nncn4C)COC3)cc(N3Cc4c(cc(CN5CCC[C@H](C)C5)cc4C(F)(F)F)C3=O)n2)cc1. The van der Waals surface area contributed by atoms with Crippen LogP contribution in [0.3, 0.4) is 0 Å². The van der Waals surface area contributed by atoms with Crippen LogP contribution in [0, 0.1) is 23.2 Å². The van der Waals surface area contributed by atoms with Crippen molar-refractivity contribution in [3.05, 3.63) is 94.1 Å². The van der Waals surface area contributed by atoms with Crippen molar-refractivity contribution >= 4 is 41.1 Å². The van der Waals surface area contributed by atoms with Crippen LogP contribution in [0.1, 0.15) is 91.0 Å². The summed E-state index contributed by atoms with van der Waals surface area (Å²) in [7, 11) is 1.79. The van der Waals surface area contributed by atoms with Crippen LogP contribution in [0.4, 0.5) is 35.3 Å². The number of halogens is 3. The molecule has 7 rings (SSSR count).